The van der Waals surface area contributed by atoms with Gasteiger partial charge in [0, 0.05) is 51.4 Å². The van der Waals surface area contributed by atoms with Gasteiger partial charge in [0.2, 0.25) is 0 Å². The van der Waals surface area contributed by atoms with Gasteiger partial charge in [0.05, 0.1) is 13.7 Å². The van der Waals surface area contributed by atoms with Gasteiger partial charge in [-0.1, -0.05) is 6.07 Å². The highest BCUT2D eigenvalue weighted by Crippen LogP contribution is 2.22. The number of nitrogens with zero attached hydrogens (tertiary/aromatic N) is 2. The molecule has 0 aliphatic carbocycles. The van der Waals surface area contributed by atoms with Crippen LogP contribution in [0.4, 0.5) is 0 Å². The Hall–Kier alpha value is -1.14. The number of hydrogen-bond acceptors (Lipinski definition) is 5. The van der Waals surface area contributed by atoms with Gasteiger partial charge in [-0.05, 0) is 17.7 Å². The summed E-state index contributed by atoms with van der Waals surface area (Å²) in [5.74, 6) is 0.931. The number of nitrogens with two attached hydrogens (primary N) is 1. The van der Waals surface area contributed by atoms with Crippen LogP contribution >= 0.6 is 0 Å². The van der Waals surface area contributed by atoms with Crippen molar-refractivity contribution in [1.82, 2.24) is 9.80 Å². The first-order chi connectivity index (χ1) is 9.76. The van der Waals surface area contributed by atoms with E-state index in [0.29, 0.717) is 6.54 Å². The number of β-amino-alcohol motifs (C(OH)–C–C–N with tert-alkyl or cyclic N) is 1. The Morgan fingerprint density at radius 2 is 1.90 bits per heavy atom. The first-order valence-electron chi connectivity index (χ1n) is 7.18. The Bertz CT molecular complexity index is 418. The highest BCUT2D eigenvalue weighted by molar-refractivity contribution is 5.37. The van der Waals surface area contributed by atoms with Crippen molar-refractivity contribution in [3.63, 3.8) is 0 Å². The number of aliphatic hydroxyl groups excluding tert-OH is 1. The van der Waals surface area contributed by atoms with E-state index in [-0.39, 0.29) is 6.61 Å². The summed E-state index contributed by atoms with van der Waals surface area (Å²) in [6, 6.07) is 6.15. The topological polar surface area (TPSA) is 62.0 Å². The van der Waals surface area contributed by atoms with Gasteiger partial charge in [-0.2, -0.15) is 0 Å². The second kappa shape index (κ2) is 7.59. The maximum Gasteiger partial charge on any atom is 0.123 e. The van der Waals surface area contributed by atoms with E-state index in [1.54, 1.807) is 7.11 Å². The zero-order valence-electron chi connectivity index (χ0n) is 12.2. The molecule has 1 aliphatic heterocycles. The van der Waals surface area contributed by atoms with Gasteiger partial charge in [-0.25, -0.2) is 0 Å². The predicted octanol–water partition coefficient (Wildman–Crippen LogP) is 0.264. The van der Waals surface area contributed by atoms with Crippen LogP contribution in [-0.2, 0) is 13.1 Å². The summed E-state index contributed by atoms with van der Waals surface area (Å²) in [6.45, 7) is 6.54. The van der Waals surface area contributed by atoms with Crippen molar-refractivity contribution in [2.45, 2.75) is 13.1 Å². The number of hydrogen-bond donors (Lipinski definition) is 2. The van der Waals surface area contributed by atoms with Crippen molar-refractivity contribution < 1.29 is 9.84 Å². The molecule has 0 radical (unpaired) electrons. The summed E-state index contributed by atoms with van der Waals surface area (Å²) in [4.78, 5) is 4.72. The summed E-state index contributed by atoms with van der Waals surface area (Å²) in [6.07, 6.45) is 0. The molecule has 0 aromatic heterocycles. The molecule has 1 saturated heterocycles. The third-order valence-electron chi connectivity index (χ3n) is 3.86. The molecule has 1 heterocycles. The van der Waals surface area contributed by atoms with Crippen molar-refractivity contribution in [2.75, 3.05) is 46.4 Å². The zero-order valence-corrected chi connectivity index (χ0v) is 12.2. The number of rotatable bonds is 6. The van der Waals surface area contributed by atoms with Crippen molar-refractivity contribution in [3.8, 4) is 5.75 Å². The Kier molecular flexibility index (Phi) is 5.79. The van der Waals surface area contributed by atoms with Crippen LogP contribution in [0.1, 0.15) is 11.1 Å². The van der Waals surface area contributed by atoms with E-state index in [0.717, 1.165) is 50.6 Å². The highest BCUT2D eigenvalue weighted by atomic mass is 16.5. The van der Waals surface area contributed by atoms with Crippen LogP contribution in [0.15, 0.2) is 18.2 Å². The Balaban J connectivity index is 1.96. The van der Waals surface area contributed by atoms with Gasteiger partial charge in [0.25, 0.3) is 0 Å². The minimum absolute atomic E-state index is 0.242. The number of piperazine rings is 1. The number of methoxy groups -OCH3 is 1. The molecule has 1 aliphatic rings. The van der Waals surface area contributed by atoms with Crippen molar-refractivity contribution in [1.29, 1.82) is 0 Å². The Morgan fingerprint density at radius 1 is 1.20 bits per heavy atom. The van der Waals surface area contributed by atoms with Crippen molar-refractivity contribution in [2.24, 2.45) is 5.73 Å². The largest absolute Gasteiger partial charge is 0.496 e. The molecule has 0 saturated carbocycles. The van der Waals surface area contributed by atoms with Gasteiger partial charge in [-0.15, -0.1) is 0 Å². The second-order valence-corrected chi connectivity index (χ2v) is 5.19. The predicted molar refractivity (Wildman–Crippen MR) is 79.7 cm³/mol. The molecule has 0 bridgehead atoms. The highest BCUT2D eigenvalue weighted by Gasteiger charge is 2.17. The molecule has 0 spiro atoms. The summed E-state index contributed by atoms with van der Waals surface area (Å²) >= 11 is 0. The molecule has 3 N–H and O–H groups in total. The van der Waals surface area contributed by atoms with Gasteiger partial charge >= 0.3 is 0 Å². The first kappa shape index (κ1) is 15.3. The average Bonchev–Trinajstić information content (AvgIpc) is 2.49. The average molecular weight is 279 g/mol. The lowest BCUT2D eigenvalue weighted by atomic mass is 10.1. The molecule has 0 atom stereocenters. The van der Waals surface area contributed by atoms with E-state index < -0.39 is 0 Å². The number of ether oxygens (including phenoxy) is 1. The van der Waals surface area contributed by atoms with Gasteiger partial charge in [-0.3, -0.25) is 9.80 Å². The summed E-state index contributed by atoms with van der Waals surface area (Å²) in [7, 11) is 1.71. The maximum absolute atomic E-state index is 8.96. The van der Waals surface area contributed by atoms with Crippen LogP contribution in [-0.4, -0.2) is 61.3 Å². The molecule has 0 amide bonds. The molecule has 2 rings (SSSR count). The molecule has 5 nitrogen and oxygen atoms in total. The molecular formula is C15H25N3O2. The summed E-state index contributed by atoms with van der Waals surface area (Å²) in [5.41, 5.74) is 8.05. The monoisotopic (exact) mass is 279 g/mol. The third kappa shape index (κ3) is 3.93. The van der Waals surface area contributed by atoms with E-state index in [1.807, 2.05) is 12.1 Å². The van der Waals surface area contributed by atoms with Crippen LogP contribution in [0.3, 0.4) is 0 Å². The lowest BCUT2D eigenvalue weighted by Crippen LogP contribution is -2.46. The second-order valence-electron chi connectivity index (χ2n) is 5.19. The molecule has 0 unspecified atom stereocenters. The molecule has 1 aromatic rings. The van der Waals surface area contributed by atoms with Crippen LogP contribution in [0.5, 0.6) is 5.75 Å². The van der Waals surface area contributed by atoms with Gasteiger partial charge in [0.1, 0.15) is 5.75 Å². The van der Waals surface area contributed by atoms with E-state index in [4.69, 9.17) is 15.6 Å². The van der Waals surface area contributed by atoms with Gasteiger partial charge in [0.15, 0.2) is 0 Å². The van der Waals surface area contributed by atoms with Gasteiger partial charge < -0.3 is 15.6 Å². The normalized spacial score (nSPS) is 17.4. The van der Waals surface area contributed by atoms with Crippen LogP contribution in [0, 0.1) is 0 Å². The van der Waals surface area contributed by atoms with E-state index in [1.165, 1.54) is 5.56 Å². The minimum Gasteiger partial charge on any atom is -0.496 e. The van der Waals surface area contributed by atoms with E-state index in [9.17, 15) is 0 Å². The lowest BCUT2D eigenvalue weighted by molar-refractivity contribution is 0.108. The summed E-state index contributed by atoms with van der Waals surface area (Å²) < 4.78 is 5.44. The quantitative estimate of drug-likeness (QED) is 0.782. The molecule has 5 heteroatoms. The number of benzene rings is 1. The zero-order chi connectivity index (χ0) is 14.4. The Labute approximate surface area is 120 Å². The van der Waals surface area contributed by atoms with E-state index >= 15 is 0 Å². The van der Waals surface area contributed by atoms with Crippen LogP contribution in [0.25, 0.3) is 0 Å². The van der Waals surface area contributed by atoms with Crippen molar-refractivity contribution >= 4 is 0 Å². The Morgan fingerprint density at radius 3 is 2.50 bits per heavy atom. The third-order valence-corrected chi connectivity index (χ3v) is 3.86. The standard InChI is InChI=1S/C15H25N3O2/c1-20-15-3-2-13(11-16)10-14(15)12-18-6-4-17(5-7-18)8-9-19/h2-3,10,19H,4-9,11-12,16H2,1H3. The van der Waals surface area contributed by atoms with Crippen molar-refractivity contribution in [3.05, 3.63) is 29.3 Å². The SMILES string of the molecule is COc1ccc(CN)cc1CN1CCN(CCO)CC1. The van der Waals surface area contributed by atoms with Crippen LogP contribution in [0.2, 0.25) is 0 Å². The fraction of sp³-hybridized carbons (Fsp3) is 0.600. The molecular weight excluding hydrogens is 254 g/mol. The molecule has 20 heavy (non-hydrogen) atoms. The van der Waals surface area contributed by atoms with Crippen LogP contribution < -0.4 is 10.5 Å². The fourth-order valence-electron chi connectivity index (χ4n) is 2.64. The number of aliphatic hydroxyl groups is 1. The molecule has 112 valence electrons. The maximum atomic E-state index is 8.96. The van der Waals surface area contributed by atoms with E-state index in [2.05, 4.69) is 15.9 Å². The molecule has 1 aromatic carbocycles. The minimum atomic E-state index is 0.242. The summed E-state index contributed by atoms with van der Waals surface area (Å²) in [5, 5.41) is 8.96. The fourth-order valence-corrected chi connectivity index (χ4v) is 2.64. The first-order valence-corrected chi connectivity index (χ1v) is 7.18. The molecule has 1 fully saturated rings. The lowest BCUT2D eigenvalue weighted by Gasteiger charge is -2.34. The smallest absolute Gasteiger partial charge is 0.123 e.